The highest BCUT2D eigenvalue weighted by molar-refractivity contribution is 7.86. The molecule has 0 atom stereocenters. The Bertz CT molecular complexity index is 824. The van der Waals surface area contributed by atoms with Gasteiger partial charge in [-0.25, -0.2) is 0 Å². The quantitative estimate of drug-likeness (QED) is 0.684. The van der Waals surface area contributed by atoms with Crippen LogP contribution >= 0.6 is 11.6 Å². The molecule has 7 nitrogen and oxygen atoms in total. The van der Waals surface area contributed by atoms with Crippen molar-refractivity contribution in [2.24, 2.45) is 0 Å². The van der Waals surface area contributed by atoms with Gasteiger partial charge in [-0.05, 0) is 18.2 Å². The number of benzene rings is 1. The summed E-state index contributed by atoms with van der Waals surface area (Å²) in [5.74, 6) is -0.486. The van der Waals surface area contributed by atoms with Crippen molar-refractivity contribution in [1.82, 2.24) is 13.5 Å². The number of carbonyl (C=O) groups excluding carboxylic acids is 1. The Kier molecular flexibility index (Phi) is 7.91. The molecule has 0 spiro atoms. The van der Waals surface area contributed by atoms with Crippen LogP contribution in [0.3, 0.4) is 0 Å². The summed E-state index contributed by atoms with van der Waals surface area (Å²) in [4.78, 5) is 14.0. The van der Waals surface area contributed by atoms with E-state index in [1.807, 2.05) is 0 Å². The Morgan fingerprint density at radius 3 is 2.28 bits per heavy atom. The van der Waals surface area contributed by atoms with Crippen LogP contribution in [-0.2, 0) is 21.2 Å². The molecule has 12 heteroatoms. The van der Waals surface area contributed by atoms with Gasteiger partial charge in [0, 0.05) is 45.0 Å². The Morgan fingerprint density at radius 2 is 1.76 bits per heavy atom. The van der Waals surface area contributed by atoms with E-state index in [-0.39, 0.29) is 25.3 Å². The molecule has 0 unspecified atom stereocenters. The largest absolute Gasteiger partial charge is 0.417 e. The number of rotatable bonds is 7. The zero-order chi connectivity index (χ0) is 21.8. The third-order valence-electron chi connectivity index (χ3n) is 4.61. The van der Waals surface area contributed by atoms with Gasteiger partial charge in [-0.2, -0.15) is 30.2 Å². The first kappa shape index (κ1) is 23.9. The molecule has 1 amide bonds. The van der Waals surface area contributed by atoms with E-state index in [9.17, 15) is 26.4 Å². The number of nitrogens with one attached hydrogen (secondary N) is 1. The van der Waals surface area contributed by atoms with Crippen LogP contribution < -0.4 is 5.32 Å². The van der Waals surface area contributed by atoms with Crippen LogP contribution in [0, 0.1) is 0 Å². The highest BCUT2D eigenvalue weighted by Gasteiger charge is 2.34. The second kappa shape index (κ2) is 9.61. The van der Waals surface area contributed by atoms with Gasteiger partial charge in [0.05, 0.1) is 17.1 Å². The fraction of sp³-hybridized carbons (Fsp3) is 0.588. The first-order valence-electron chi connectivity index (χ1n) is 9.13. The van der Waals surface area contributed by atoms with Crippen LogP contribution in [0.5, 0.6) is 0 Å². The molecule has 0 aromatic heterocycles. The molecule has 1 N–H and O–H groups in total. The molecule has 0 saturated carbocycles. The minimum atomic E-state index is -4.62. The fourth-order valence-corrected chi connectivity index (χ4v) is 4.88. The number of halogens is 4. The van der Waals surface area contributed by atoms with Gasteiger partial charge in [0.15, 0.2) is 0 Å². The second-order valence-electron chi connectivity index (χ2n) is 6.51. The summed E-state index contributed by atoms with van der Waals surface area (Å²) in [6.07, 6.45) is -4.62. The highest BCUT2D eigenvalue weighted by atomic mass is 35.5. The molecule has 2 rings (SSSR count). The van der Waals surface area contributed by atoms with Crippen molar-refractivity contribution in [3.63, 3.8) is 0 Å². The number of hydrogen-bond donors (Lipinski definition) is 1. The molecular formula is C17H24ClF3N4O3S. The molecule has 1 saturated heterocycles. The molecule has 164 valence electrons. The molecular weight excluding hydrogens is 433 g/mol. The summed E-state index contributed by atoms with van der Waals surface area (Å²) in [5.41, 5.74) is -1.03. The Hall–Kier alpha value is -1.40. The second-order valence-corrected chi connectivity index (χ2v) is 8.84. The van der Waals surface area contributed by atoms with E-state index in [0.29, 0.717) is 26.2 Å². The molecule has 1 aliphatic heterocycles. The summed E-state index contributed by atoms with van der Waals surface area (Å²) in [7, 11) is -3.53. The lowest BCUT2D eigenvalue weighted by atomic mass is 10.2. The number of carbonyl (C=O) groups is 1. The van der Waals surface area contributed by atoms with E-state index < -0.39 is 32.9 Å². The van der Waals surface area contributed by atoms with E-state index in [2.05, 4.69) is 5.32 Å². The summed E-state index contributed by atoms with van der Waals surface area (Å²) in [5, 5.41) is 1.98. The molecule has 1 aliphatic rings. The Balaban J connectivity index is 1.92. The van der Waals surface area contributed by atoms with Gasteiger partial charge in [0.25, 0.3) is 10.2 Å². The van der Waals surface area contributed by atoms with Crippen molar-refractivity contribution < 1.29 is 26.4 Å². The third kappa shape index (κ3) is 6.05. The number of piperazine rings is 1. The van der Waals surface area contributed by atoms with Crippen LogP contribution in [0.15, 0.2) is 18.2 Å². The fourth-order valence-electron chi connectivity index (χ4n) is 3.06. The summed E-state index contributed by atoms with van der Waals surface area (Å²) in [6.45, 7) is 5.42. The predicted molar refractivity (Wildman–Crippen MR) is 105 cm³/mol. The monoisotopic (exact) mass is 456 g/mol. The number of anilines is 1. The standard InChI is InChI=1S/C17H24ClF3N4O3S/c1-3-24(4-2)29(27,28)25-9-7-23(8-10-25)12-16(26)22-13-5-6-15(18)14(11-13)17(19,20)21/h5-6,11H,3-4,7-10,12H2,1-2H3,(H,22,26). The molecule has 0 aliphatic carbocycles. The van der Waals surface area contributed by atoms with E-state index in [1.165, 1.54) is 14.7 Å². The number of nitrogens with zero attached hydrogens (tertiary/aromatic N) is 3. The topological polar surface area (TPSA) is 73.0 Å². The Labute approximate surface area is 173 Å². The van der Waals surface area contributed by atoms with Crippen molar-refractivity contribution in [2.45, 2.75) is 20.0 Å². The molecule has 1 heterocycles. The zero-order valence-corrected chi connectivity index (χ0v) is 17.7. The van der Waals surface area contributed by atoms with Gasteiger partial charge in [0.2, 0.25) is 5.91 Å². The van der Waals surface area contributed by atoms with E-state index in [1.54, 1.807) is 18.7 Å². The van der Waals surface area contributed by atoms with Gasteiger partial charge < -0.3 is 5.32 Å². The third-order valence-corrected chi connectivity index (χ3v) is 7.13. The normalized spacial score (nSPS) is 16.9. The molecule has 0 radical (unpaired) electrons. The van der Waals surface area contributed by atoms with Crippen LogP contribution in [0.2, 0.25) is 5.02 Å². The van der Waals surface area contributed by atoms with Gasteiger partial charge in [-0.15, -0.1) is 0 Å². The lowest BCUT2D eigenvalue weighted by Crippen LogP contribution is -2.54. The van der Waals surface area contributed by atoms with Crippen LogP contribution in [-0.4, -0.2) is 73.6 Å². The van der Waals surface area contributed by atoms with Gasteiger partial charge in [-0.1, -0.05) is 25.4 Å². The summed E-state index contributed by atoms with van der Waals surface area (Å²) >= 11 is 5.57. The SMILES string of the molecule is CCN(CC)S(=O)(=O)N1CCN(CC(=O)Nc2ccc(Cl)c(C(F)(F)F)c2)CC1. The van der Waals surface area contributed by atoms with Crippen molar-refractivity contribution in [3.05, 3.63) is 28.8 Å². The van der Waals surface area contributed by atoms with Crippen LogP contribution in [0.1, 0.15) is 19.4 Å². The van der Waals surface area contributed by atoms with Gasteiger partial charge in [0.1, 0.15) is 0 Å². The minimum Gasteiger partial charge on any atom is -0.325 e. The van der Waals surface area contributed by atoms with E-state index in [4.69, 9.17) is 11.6 Å². The van der Waals surface area contributed by atoms with Crippen molar-refractivity contribution in [2.75, 3.05) is 51.1 Å². The summed E-state index contributed by atoms with van der Waals surface area (Å²) in [6, 6.07) is 3.16. The average molecular weight is 457 g/mol. The van der Waals surface area contributed by atoms with Crippen LogP contribution in [0.25, 0.3) is 0 Å². The molecule has 1 aromatic carbocycles. The molecule has 0 bridgehead atoms. The van der Waals surface area contributed by atoms with Crippen molar-refractivity contribution in [3.8, 4) is 0 Å². The van der Waals surface area contributed by atoms with Crippen molar-refractivity contribution in [1.29, 1.82) is 0 Å². The van der Waals surface area contributed by atoms with Crippen LogP contribution in [0.4, 0.5) is 18.9 Å². The first-order valence-corrected chi connectivity index (χ1v) is 10.9. The summed E-state index contributed by atoms with van der Waals surface area (Å²) < 4.78 is 66.5. The maximum Gasteiger partial charge on any atom is 0.417 e. The molecule has 29 heavy (non-hydrogen) atoms. The smallest absolute Gasteiger partial charge is 0.325 e. The first-order chi connectivity index (χ1) is 13.5. The highest BCUT2D eigenvalue weighted by Crippen LogP contribution is 2.36. The molecule has 1 aromatic rings. The predicted octanol–water partition coefficient (Wildman–Crippen LogP) is 2.50. The average Bonchev–Trinajstić information content (AvgIpc) is 2.63. The molecule has 1 fully saturated rings. The number of alkyl halides is 3. The Morgan fingerprint density at radius 1 is 1.17 bits per heavy atom. The maximum absolute atomic E-state index is 12.9. The lowest BCUT2D eigenvalue weighted by Gasteiger charge is -2.35. The number of amides is 1. The van der Waals surface area contributed by atoms with Gasteiger partial charge in [-0.3, -0.25) is 9.69 Å². The maximum atomic E-state index is 12.9. The zero-order valence-electron chi connectivity index (χ0n) is 16.2. The lowest BCUT2D eigenvalue weighted by molar-refractivity contribution is -0.137. The minimum absolute atomic E-state index is 0.00512. The van der Waals surface area contributed by atoms with Gasteiger partial charge >= 0.3 is 6.18 Å². The van der Waals surface area contributed by atoms with E-state index in [0.717, 1.165) is 12.1 Å². The number of hydrogen-bond acceptors (Lipinski definition) is 4. The van der Waals surface area contributed by atoms with E-state index >= 15 is 0 Å². The van der Waals surface area contributed by atoms with Crippen molar-refractivity contribution >= 4 is 33.4 Å².